The van der Waals surface area contributed by atoms with Crippen LogP contribution in [0, 0.1) is 4.77 Å². The van der Waals surface area contributed by atoms with Gasteiger partial charge in [-0.05, 0) is 37.2 Å². The lowest BCUT2D eigenvalue weighted by Gasteiger charge is -2.08. The maximum Gasteiger partial charge on any atom is 0.291 e. The molecule has 28 heavy (non-hydrogen) atoms. The summed E-state index contributed by atoms with van der Waals surface area (Å²) in [5.74, 6) is 0.902. The number of nitrogens with zero attached hydrogens (tertiary/aromatic N) is 5. The fraction of sp³-hybridized carbons (Fsp3) is 0.353. The number of carbonyl (C=O) groups excluding carboxylic acids is 1. The topological polar surface area (TPSA) is 93.4 Å². The normalized spacial score (nSPS) is 13.7. The molecule has 8 nitrogen and oxygen atoms in total. The molecule has 1 saturated carbocycles. The number of nitrogens with one attached hydrogen (secondary N) is 2. The lowest BCUT2D eigenvalue weighted by atomic mass is 10.3. The van der Waals surface area contributed by atoms with Gasteiger partial charge in [-0.3, -0.25) is 14.5 Å². The number of carbonyl (C=O) groups is 1. The van der Waals surface area contributed by atoms with Crippen molar-refractivity contribution in [1.29, 1.82) is 0 Å². The molecule has 2 heterocycles. The number of amides is 1. The van der Waals surface area contributed by atoms with Crippen LogP contribution >= 0.6 is 35.4 Å². The van der Waals surface area contributed by atoms with Gasteiger partial charge in [0.05, 0.1) is 16.6 Å². The molecule has 0 radical (unpaired) electrons. The van der Waals surface area contributed by atoms with Crippen LogP contribution in [0.3, 0.4) is 0 Å². The fourth-order valence-electron chi connectivity index (χ4n) is 2.95. The molecule has 0 atom stereocenters. The van der Waals surface area contributed by atoms with Crippen molar-refractivity contribution in [1.82, 2.24) is 34.8 Å². The maximum atomic E-state index is 12.6. The lowest BCUT2D eigenvalue weighted by molar-refractivity contribution is 0.0939. The summed E-state index contributed by atoms with van der Waals surface area (Å²) in [6.07, 6.45) is 2.70. The van der Waals surface area contributed by atoms with E-state index in [1.54, 1.807) is 18.2 Å². The Labute approximate surface area is 175 Å². The summed E-state index contributed by atoms with van der Waals surface area (Å²) in [6, 6.07) is 5.54. The summed E-state index contributed by atoms with van der Waals surface area (Å²) in [5, 5.41) is 15.0. The van der Waals surface area contributed by atoms with Crippen LogP contribution in [-0.2, 0) is 13.0 Å². The van der Waals surface area contributed by atoms with Crippen molar-refractivity contribution >= 4 is 41.3 Å². The van der Waals surface area contributed by atoms with Crippen molar-refractivity contribution in [3.05, 3.63) is 50.5 Å². The summed E-state index contributed by atoms with van der Waals surface area (Å²) >= 11 is 17.8. The molecule has 0 aliphatic heterocycles. The molecule has 11 heteroatoms. The fourth-order valence-corrected chi connectivity index (χ4v) is 3.81. The number of para-hydroxylation sites is 1. The van der Waals surface area contributed by atoms with Crippen LogP contribution < -0.4 is 5.32 Å². The van der Waals surface area contributed by atoms with E-state index in [9.17, 15) is 4.79 Å². The van der Waals surface area contributed by atoms with Crippen LogP contribution in [0.2, 0.25) is 10.0 Å². The van der Waals surface area contributed by atoms with Crippen LogP contribution in [0.4, 0.5) is 0 Å². The van der Waals surface area contributed by atoms with E-state index in [1.165, 1.54) is 4.68 Å². The average Bonchev–Trinajstić information content (AvgIpc) is 3.30. The number of hydrogen-bond acceptors (Lipinski definition) is 5. The molecule has 1 fully saturated rings. The second kappa shape index (κ2) is 7.65. The van der Waals surface area contributed by atoms with Gasteiger partial charge in [0, 0.05) is 12.5 Å². The third kappa shape index (κ3) is 3.57. The molecule has 2 N–H and O–H groups in total. The van der Waals surface area contributed by atoms with Crippen LogP contribution in [-0.4, -0.2) is 35.4 Å². The van der Waals surface area contributed by atoms with Crippen LogP contribution in [0.5, 0.6) is 0 Å². The van der Waals surface area contributed by atoms with E-state index in [0.29, 0.717) is 44.6 Å². The van der Waals surface area contributed by atoms with Gasteiger partial charge in [-0.15, -0.1) is 5.10 Å². The Hall–Kier alpha value is -2.23. The van der Waals surface area contributed by atoms with Crippen LogP contribution in [0.15, 0.2) is 18.2 Å². The Bertz CT molecular complexity index is 1080. The van der Waals surface area contributed by atoms with Gasteiger partial charge >= 0.3 is 0 Å². The van der Waals surface area contributed by atoms with Gasteiger partial charge in [0.2, 0.25) is 5.82 Å². The standard InChI is InChI=1S/C17H17Cl2N7OS/c1-2-12-21-15(24-26(12)14-10(18)4-3-5-11(14)19)16(27)20-8-13-22-23-17(28)25(13)9-6-7-9/h3-5,9H,2,6-8H2,1H3,(H,20,27)(H,23,28). The average molecular weight is 438 g/mol. The molecule has 2 aromatic heterocycles. The van der Waals surface area contributed by atoms with Crippen molar-refractivity contribution in [3.63, 3.8) is 0 Å². The molecule has 1 amide bonds. The van der Waals surface area contributed by atoms with Gasteiger partial charge in [0.1, 0.15) is 11.5 Å². The molecule has 0 saturated heterocycles. The molecule has 1 aliphatic rings. The number of H-pyrrole nitrogens is 1. The molecule has 1 aliphatic carbocycles. The highest BCUT2D eigenvalue weighted by Crippen LogP contribution is 2.35. The Kier molecular flexibility index (Phi) is 5.22. The SMILES string of the molecule is CCc1nc(C(=O)NCc2n[nH]c(=S)n2C2CC2)nn1-c1c(Cl)cccc1Cl. The molecule has 146 valence electrons. The Morgan fingerprint density at radius 1 is 1.32 bits per heavy atom. The highest BCUT2D eigenvalue weighted by atomic mass is 35.5. The van der Waals surface area contributed by atoms with Gasteiger partial charge in [-0.2, -0.15) is 5.10 Å². The van der Waals surface area contributed by atoms with Crippen molar-refractivity contribution < 1.29 is 4.79 Å². The molecular formula is C17H17Cl2N7OS. The maximum absolute atomic E-state index is 12.6. The Morgan fingerprint density at radius 3 is 2.68 bits per heavy atom. The number of aromatic nitrogens is 6. The van der Waals surface area contributed by atoms with E-state index in [-0.39, 0.29) is 12.4 Å². The lowest BCUT2D eigenvalue weighted by Crippen LogP contribution is -2.26. The summed E-state index contributed by atoms with van der Waals surface area (Å²) in [6.45, 7) is 2.14. The summed E-state index contributed by atoms with van der Waals surface area (Å²) in [7, 11) is 0. The Balaban J connectivity index is 1.57. The minimum Gasteiger partial charge on any atom is -0.342 e. The number of benzene rings is 1. The number of halogens is 2. The molecule has 0 unspecified atom stereocenters. The van der Waals surface area contributed by atoms with Gasteiger partial charge in [-0.25, -0.2) is 9.67 Å². The van der Waals surface area contributed by atoms with Gasteiger partial charge < -0.3 is 5.32 Å². The van der Waals surface area contributed by atoms with E-state index in [1.807, 2.05) is 11.5 Å². The van der Waals surface area contributed by atoms with E-state index in [4.69, 9.17) is 35.4 Å². The van der Waals surface area contributed by atoms with Gasteiger partial charge in [-0.1, -0.05) is 36.2 Å². The monoisotopic (exact) mass is 437 g/mol. The predicted molar refractivity (Wildman–Crippen MR) is 108 cm³/mol. The zero-order chi connectivity index (χ0) is 19.8. The van der Waals surface area contributed by atoms with Crippen molar-refractivity contribution in [3.8, 4) is 5.69 Å². The largest absolute Gasteiger partial charge is 0.342 e. The first-order valence-corrected chi connectivity index (χ1v) is 10.00. The minimum atomic E-state index is -0.409. The van der Waals surface area contributed by atoms with Crippen molar-refractivity contribution in [2.45, 2.75) is 38.8 Å². The summed E-state index contributed by atoms with van der Waals surface area (Å²) < 4.78 is 4.03. The number of aryl methyl sites for hydroxylation is 1. The zero-order valence-corrected chi connectivity index (χ0v) is 17.3. The van der Waals surface area contributed by atoms with Crippen molar-refractivity contribution in [2.24, 2.45) is 0 Å². The van der Waals surface area contributed by atoms with E-state index in [2.05, 4.69) is 25.6 Å². The highest BCUT2D eigenvalue weighted by Gasteiger charge is 2.27. The molecule has 3 aromatic rings. The first-order chi connectivity index (χ1) is 13.5. The third-order valence-electron chi connectivity index (χ3n) is 4.44. The molecule has 4 rings (SSSR count). The summed E-state index contributed by atoms with van der Waals surface area (Å²) in [4.78, 5) is 17.0. The predicted octanol–water partition coefficient (Wildman–Crippen LogP) is 3.66. The minimum absolute atomic E-state index is 0.0416. The van der Waals surface area contributed by atoms with Gasteiger partial charge in [0.15, 0.2) is 10.6 Å². The Morgan fingerprint density at radius 2 is 2.04 bits per heavy atom. The first kappa shape index (κ1) is 19.1. The van der Waals surface area contributed by atoms with Crippen molar-refractivity contribution in [2.75, 3.05) is 0 Å². The number of aromatic amines is 1. The van der Waals surface area contributed by atoms with E-state index < -0.39 is 5.91 Å². The quantitative estimate of drug-likeness (QED) is 0.573. The smallest absolute Gasteiger partial charge is 0.291 e. The van der Waals surface area contributed by atoms with Crippen LogP contribution in [0.25, 0.3) is 5.69 Å². The second-order valence-electron chi connectivity index (χ2n) is 6.42. The number of hydrogen-bond donors (Lipinski definition) is 2. The summed E-state index contributed by atoms with van der Waals surface area (Å²) in [5.41, 5.74) is 0.504. The number of rotatable bonds is 6. The first-order valence-electron chi connectivity index (χ1n) is 8.84. The van der Waals surface area contributed by atoms with E-state index >= 15 is 0 Å². The molecule has 1 aromatic carbocycles. The molecular weight excluding hydrogens is 421 g/mol. The molecule has 0 bridgehead atoms. The van der Waals surface area contributed by atoms with Gasteiger partial charge in [0.25, 0.3) is 5.91 Å². The highest BCUT2D eigenvalue weighted by molar-refractivity contribution is 7.71. The second-order valence-corrected chi connectivity index (χ2v) is 7.62. The van der Waals surface area contributed by atoms with E-state index in [0.717, 1.165) is 12.8 Å². The molecule has 0 spiro atoms. The third-order valence-corrected chi connectivity index (χ3v) is 5.34. The zero-order valence-electron chi connectivity index (χ0n) is 14.9. The van der Waals surface area contributed by atoms with Crippen LogP contribution in [0.1, 0.15) is 48.1 Å².